The minimum Gasteiger partial charge on any atom is -0.375 e. The van der Waals surface area contributed by atoms with Crippen LogP contribution >= 0.6 is 0 Å². The fourth-order valence-electron chi connectivity index (χ4n) is 3.85. The molecule has 1 aliphatic carbocycles. The van der Waals surface area contributed by atoms with E-state index in [1.54, 1.807) is 6.20 Å². The number of fused-ring (bicyclic) bond motifs is 2. The SMILES string of the molecule is CC1(C)CC(=O)C2C(=Nc3ccccc3N[C@H]2c2cccnc2)C1. The molecular weight excluding hydrogens is 298 g/mol. The van der Waals surface area contributed by atoms with Crippen molar-refractivity contribution in [3.63, 3.8) is 0 Å². The summed E-state index contributed by atoms with van der Waals surface area (Å²) in [4.78, 5) is 22.1. The van der Waals surface area contributed by atoms with Gasteiger partial charge in [0, 0.05) is 24.5 Å². The Kier molecular flexibility index (Phi) is 3.48. The number of nitrogens with zero attached hydrogens (tertiary/aromatic N) is 2. The van der Waals surface area contributed by atoms with Gasteiger partial charge in [0.2, 0.25) is 0 Å². The van der Waals surface area contributed by atoms with Crippen LogP contribution in [0.25, 0.3) is 0 Å². The van der Waals surface area contributed by atoms with Gasteiger partial charge in [-0.3, -0.25) is 14.8 Å². The summed E-state index contributed by atoms with van der Waals surface area (Å²) in [5.74, 6) is 0.0359. The van der Waals surface area contributed by atoms with E-state index in [1.165, 1.54) is 0 Å². The molecule has 4 rings (SSSR count). The Morgan fingerprint density at radius 3 is 2.75 bits per heavy atom. The molecule has 0 spiro atoms. The molecular formula is C20H21N3O. The highest BCUT2D eigenvalue weighted by atomic mass is 16.1. The van der Waals surface area contributed by atoms with Gasteiger partial charge in [-0.1, -0.05) is 32.0 Å². The first-order valence-electron chi connectivity index (χ1n) is 8.39. The Bertz CT molecular complexity index is 811. The molecule has 2 heterocycles. The van der Waals surface area contributed by atoms with E-state index >= 15 is 0 Å². The van der Waals surface area contributed by atoms with Crippen LogP contribution in [0.4, 0.5) is 11.4 Å². The third-order valence-corrected chi connectivity index (χ3v) is 4.87. The van der Waals surface area contributed by atoms with Gasteiger partial charge in [-0.2, -0.15) is 0 Å². The van der Waals surface area contributed by atoms with E-state index in [2.05, 4.69) is 24.1 Å². The van der Waals surface area contributed by atoms with Crippen LogP contribution in [-0.2, 0) is 4.79 Å². The van der Waals surface area contributed by atoms with Gasteiger partial charge in [0.1, 0.15) is 5.78 Å². The van der Waals surface area contributed by atoms with Gasteiger partial charge in [0.15, 0.2) is 0 Å². The molecule has 122 valence electrons. The lowest BCUT2D eigenvalue weighted by Crippen LogP contribution is -2.42. The highest BCUT2D eigenvalue weighted by Gasteiger charge is 2.43. The molecule has 0 bridgehead atoms. The molecule has 1 fully saturated rings. The van der Waals surface area contributed by atoms with E-state index in [0.29, 0.717) is 6.42 Å². The summed E-state index contributed by atoms with van der Waals surface area (Å²) in [6, 6.07) is 11.8. The molecule has 1 aromatic heterocycles. The number of aliphatic imine (C=N–C) groups is 1. The van der Waals surface area contributed by atoms with Crippen molar-refractivity contribution in [1.29, 1.82) is 0 Å². The topological polar surface area (TPSA) is 54.4 Å². The number of anilines is 1. The zero-order chi connectivity index (χ0) is 16.7. The summed E-state index contributed by atoms with van der Waals surface area (Å²) in [7, 11) is 0. The fourth-order valence-corrected chi connectivity index (χ4v) is 3.85. The Balaban J connectivity index is 1.87. The molecule has 1 unspecified atom stereocenters. The number of Topliss-reactive ketones (excluding diaryl/α,β-unsaturated/α-hetero) is 1. The zero-order valence-corrected chi connectivity index (χ0v) is 14.0. The highest BCUT2D eigenvalue weighted by Crippen LogP contribution is 2.44. The van der Waals surface area contributed by atoms with Gasteiger partial charge in [0.25, 0.3) is 0 Å². The third kappa shape index (κ3) is 2.62. The fraction of sp³-hybridized carbons (Fsp3) is 0.350. The Hall–Kier alpha value is -2.49. The maximum absolute atomic E-state index is 13.0. The Morgan fingerprint density at radius 1 is 1.12 bits per heavy atom. The van der Waals surface area contributed by atoms with E-state index < -0.39 is 0 Å². The third-order valence-electron chi connectivity index (χ3n) is 4.87. The van der Waals surface area contributed by atoms with E-state index in [1.807, 2.05) is 42.6 Å². The molecule has 2 atom stereocenters. The quantitative estimate of drug-likeness (QED) is 0.851. The standard InChI is InChI=1S/C20H21N3O/c1-20(2)10-16-18(17(24)11-20)19(13-6-5-9-21-12-13)23-15-8-4-3-7-14(15)22-16/h3-9,12,18-19,23H,10-11H2,1-2H3/t18?,19-/m0/s1. The summed E-state index contributed by atoms with van der Waals surface area (Å²) >= 11 is 0. The monoisotopic (exact) mass is 319 g/mol. The zero-order valence-electron chi connectivity index (χ0n) is 14.0. The summed E-state index contributed by atoms with van der Waals surface area (Å²) in [5, 5.41) is 3.56. The number of benzene rings is 1. The summed E-state index contributed by atoms with van der Waals surface area (Å²) in [6.45, 7) is 4.29. The molecule has 0 radical (unpaired) electrons. The van der Waals surface area contributed by atoms with Crippen LogP contribution in [0.1, 0.15) is 38.3 Å². The normalized spacial score (nSPS) is 24.9. The molecule has 2 aromatic rings. The molecule has 2 aliphatic rings. The van der Waals surface area contributed by atoms with Crippen molar-refractivity contribution < 1.29 is 4.79 Å². The van der Waals surface area contributed by atoms with Crippen molar-refractivity contribution in [3.05, 3.63) is 54.4 Å². The second-order valence-electron chi connectivity index (χ2n) is 7.49. The number of hydrogen-bond acceptors (Lipinski definition) is 4. The van der Waals surface area contributed by atoms with Gasteiger partial charge >= 0.3 is 0 Å². The number of pyridine rings is 1. The van der Waals surface area contributed by atoms with E-state index in [4.69, 9.17) is 4.99 Å². The minimum atomic E-state index is -0.227. The number of rotatable bonds is 1. The number of carbonyl (C=O) groups is 1. The van der Waals surface area contributed by atoms with Crippen LogP contribution in [0.15, 0.2) is 53.8 Å². The van der Waals surface area contributed by atoms with E-state index in [9.17, 15) is 4.79 Å². The lowest BCUT2D eigenvalue weighted by molar-refractivity contribution is -0.124. The molecule has 1 aromatic carbocycles. The predicted octanol–water partition coefficient (Wildman–Crippen LogP) is 4.33. The number of ketones is 1. The summed E-state index contributed by atoms with van der Waals surface area (Å²) < 4.78 is 0. The van der Waals surface area contributed by atoms with Crippen LogP contribution in [0.5, 0.6) is 0 Å². The molecule has 1 aliphatic heterocycles. The minimum absolute atomic E-state index is 0.0365. The molecule has 0 amide bonds. The van der Waals surface area contributed by atoms with Gasteiger partial charge < -0.3 is 5.32 Å². The second kappa shape index (κ2) is 5.55. The van der Waals surface area contributed by atoms with Crippen LogP contribution in [0.3, 0.4) is 0 Å². The number of para-hydroxylation sites is 2. The largest absolute Gasteiger partial charge is 0.375 e. The van der Waals surface area contributed by atoms with Crippen molar-refractivity contribution in [2.75, 3.05) is 5.32 Å². The summed E-state index contributed by atoms with van der Waals surface area (Å²) in [6.07, 6.45) is 5.03. The maximum Gasteiger partial charge on any atom is 0.144 e. The predicted molar refractivity (Wildman–Crippen MR) is 95.6 cm³/mol. The molecule has 1 N–H and O–H groups in total. The average molecular weight is 319 g/mol. The van der Waals surface area contributed by atoms with E-state index in [-0.39, 0.29) is 23.2 Å². The first-order chi connectivity index (χ1) is 11.5. The van der Waals surface area contributed by atoms with Crippen LogP contribution in [0, 0.1) is 11.3 Å². The number of carbonyl (C=O) groups excluding carboxylic acids is 1. The second-order valence-corrected chi connectivity index (χ2v) is 7.49. The molecule has 4 nitrogen and oxygen atoms in total. The van der Waals surface area contributed by atoms with Gasteiger partial charge in [-0.25, -0.2) is 0 Å². The van der Waals surface area contributed by atoms with Crippen molar-refractivity contribution in [2.45, 2.75) is 32.7 Å². The Labute approximate surface area is 142 Å². The highest BCUT2D eigenvalue weighted by molar-refractivity contribution is 6.10. The van der Waals surface area contributed by atoms with Gasteiger partial charge in [-0.15, -0.1) is 0 Å². The van der Waals surface area contributed by atoms with Gasteiger partial charge in [0.05, 0.1) is 23.3 Å². The molecule has 24 heavy (non-hydrogen) atoms. The number of aromatic nitrogens is 1. The van der Waals surface area contributed by atoms with Gasteiger partial charge in [-0.05, 0) is 35.6 Å². The van der Waals surface area contributed by atoms with E-state index in [0.717, 1.165) is 29.1 Å². The van der Waals surface area contributed by atoms with Crippen LogP contribution in [0.2, 0.25) is 0 Å². The van der Waals surface area contributed by atoms with Crippen LogP contribution in [-0.4, -0.2) is 16.5 Å². The smallest absolute Gasteiger partial charge is 0.144 e. The van der Waals surface area contributed by atoms with Crippen molar-refractivity contribution in [3.8, 4) is 0 Å². The molecule has 1 saturated carbocycles. The first kappa shape index (κ1) is 15.1. The van der Waals surface area contributed by atoms with Crippen LogP contribution < -0.4 is 5.32 Å². The lowest BCUT2D eigenvalue weighted by Gasteiger charge is -2.37. The lowest BCUT2D eigenvalue weighted by atomic mass is 9.68. The van der Waals surface area contributed by atoms with Crippen molar-refractivity contribution >= 4 is 22.9 Å². The molecule has 0 saturated heterocycles. The number of nitrogens with one attached hydrogen (secondary N) is 1. The first-order valence-corrected chi connectivity index (χ1v) is 8.39. The number of hydrogen-bond donors (Lipinski definition) is 1. The summed E-state index contributed by atoms with van der Waals surface area (Å²) in [5.41, 5.74) is 3.86. The Morgan fingerprint density at radius 2 is 1.96 bits per heavy atom. The van der Waals surface area contributed by atoms with Crippen molar-refractivity contribution in [2.24, 2.45) is 16.3 Å². The maximum atomic E-state index is 13.0. The average Bonchev–Trinajstić information content (AvgIpc) is 2.70. The van der Waals surface area contributed by atoms with Crippen molar-refractivity contribution in [1.82, 2.24) is 4.98 Å². The molecule has 4 heteroatoms.